The van der Waals surface area contributed by atoms with Crippen molar-refractivity contribution in [1.29, 1.82) is 0 Å². The lowest BCUT2D eigenvalue weighted by molar-refractivity contribution is -0.139. The molecule has 100 valence electrons. The number of para-hydroxylation sites is 1. The van der Waals surface area contributed by atoms with Gasteiger partial charge < -0.3 is 15.2 Å². The highest BCUT2D eigenvalue weighted by Crippen LogP contribution is 2.25. The number of likely N-dealkylation sites (N-methyl/N-ethyl adjacent to an activating group) is 1. The molecule has 0 aromatic heterocycles. The Morgan fingerprint density at radius 2 is 2.06 bits per heavy atom. The van der Waals surface area contributed by atoms with Crippen molar-refractivity contribution in [2.75, 3.05) is 13.7 Å². The molecule has 1 aromatic carbocycles. The van der Waals surface area contributed by atoms with Crippen LogP contribution in [-0.2, 0) is 4.79 Å². The number of carboxylic acids is 1. The standard InChI is InChI=1S/C14H21NO3/c1-10(2)11-6-4-5-7-13(11)18-9-8-12(15-3)14(16)17/h4-7,10,12,15H,8-9H2,1-3H3,(H,16,17). The molecule has 1 unspecified atom stereocenters. The number of carboxylic acid groups (broad SMARTS) is 1. The molecule has 0 fully saturated rings. The maximum atomic E-state index is 10.8. The molecule has 4 heteroatoms. The van der Waals surface area contributed by atoms with E-state index in [2.05, 4.69) is 19.2 Å². The number of hydrogen-bond acceptors (Lipinski definition) is 3. The van der Waals surface area contributed by atoms with Gasteiger partial charge in [0.05, 0.1) is 6.61 Å². The van der Waals surface area contributed by atoms with Crippen molar-refractivity contribution in [1.82, 2.24) is 5.32 Å². The van der Waals surface area contributed by atoms with E-state index < -0.39 is 12.0 Å². The van der Waals surface area contributed by atoms with Gasteiger partial charge in [0.1, 0.15) is 11.8 Å². The Balaban J connectivity index is 2.56. The second-order valence-corrected chi connectivity index (χ2v) is 4.51. The zero-order valence-electron chi connectivity index (χ0n) is 11.1. The molecule has 0 heterocycles. The van der Waals surface area contributed by atoms with Crippen LogP contribution in [0.25, 0.3) is 0 Å². The average molecular weight is 251 g/mol. The molecular weight excluding hydrogens is 230 g/mol. The Hall–Kier alpha value is -1.55. The summed E-state index contributed by atoms with van der Waals surface area (Å²) in [6, 6.07) is 7.30. The van der Waals surface area contributed by atoms with Crippen molar-refractivity contribution in [2.24, 2.45) is 0 Å². The highest BCUT2D eigenvalue weighted by atomic mass is 16.5. The highest BCUT2D eigenvalue weighted by Gasteiger charge is 2.15. The minimum absolute atomic E-state index is 0.390. The van der Waals surface area contributed by atoms with Crippen LogP contribution in [0.1, 0.15) is 31.7 Å². The van der Waals surface area contributed by atoms with Crippen molar-refractivity contribution in [3.05, 3.63) is 29.8 Å². The number of carbonyl (C=O) groups is 1. The fraction of sp³-hybridized carbons (Fsp3) is 0.500. The summed E-state index contributed by atoms with van der Waals surface area (Å²) < 4.78 is 5.68. The Bertz CT molecular complexity index is 390. The molecule has 0 aliphatic carbocycles. The minimum atomic E-state index is -0.849. The fourth-order valence-corrected chi connectivity index (χ4v) is 1.77. The third kappa shape index (κ3) is 4.04. The van der Waals surface area contributed by atoms with Gasteiger partial charge in [-0.05, 0) is 24.6 Å². The Labute approximate surface area is 108 Å². The van der Waals surface area contributed by atoms with Crippen molar-refractivity contribution >= 4 is 5.97 Å². The molecule has 2 N–H and O–H groups in total. The van der Waals surface area contributed by atoms with Gasteiger partial charge in [-0.3, -0.25) is 4.79 Å². The topological polar surface area (TPSA) is 58.6 Å². The van der Waals surface area contributed by atoms with E-state index in [-0.39, 0.29) is 0 Å². The van der Waals surface area contributed by atoms with E-state index >= 15 is 0 Å². The molecular formula is C14H21NO3. The van der Waals surface area contributed by atoms with Crippen LogP contribution in [0.2, 0.25) is 0 Å². The molecule has 0 aliphatic rings. The second-order valence-electron chi connectivity index (χ2n) is 4.51. The van der Waals surface area contributed by atoms with Gasteiger partial charge >= 0.3 is 5.97 Å². The largest absolute Gasteiger partial charge is 0.493 e. The molecule has 0 radical (unpaired) electrons. The van der Waals surface area contributed by atoms with E-state index in [1.165, 1.54) is 0 Å². The van der Waals surface area contributed by atoms with Crippen molar-refractivity contribution in [3.63, 3.8) is 0 Å². The Morgan fingerprint density at radius 1 is 1.39 bits per heavy atom. The Kier molecular flexibility index (Phi) is 5.65. The lowest BCUT2D eigenvalue weighted by Gasteiger charge is -2.15. The van der Waals surface area contributed by atoms with Gasteiger partial charge in [0.15, 0.2) is 0 Å². The summed E-state index contributed by atoms with van der Waals surface area (Å²) in [5.41, 5.74) is 1.15. The first-order valence-corrected chi connectivity index (χ1v) is 6.18. The van der Waals surface area contributed by atoms with E-state index in [0.717, 1.165) is 11.3 Å². The van der Waals surface area contributed by atoms with E-state index in [4.69, 9.17) is 9.84 Å². The van der Waals surface area contributed by atoms with E-state index in [0.29, 0.717) is 18.9 Å². The predicted octanol–water partition coefficient (Wildman–Crippen LogP) is 2.25. The van der Waals surface area contributed by atoms with Crippen LogP contribution in [0.3, 0.4) is 0 Å². The summed E-state index contributed by atoms with van der Waals surface area (Å²) in [4.78, 5) is 10.8. The molecule has 0 amide bonds. The summed E-state index contributed by atoms with van der Waals surface area (Å²) in [5, 5.41) is 11.6. The van der Waals surface area contributed by atoms with Gasteiger partial charge in [0.25, 0.3) is 0 Å². The summed E-state index contributed by atoms with van der Waals surface area (Å²) in [7, 11) is 1.64. The zero-order valence-corrected chi connectivity index (χ0v) is 11.1. The first-order chi connectivity index (χ1) is 8.56. The quantitative estimate of drug-likeness (QED) is 0.780. The number of rotatable bonds is 7. The summed E-state index contributed by atoms with van der Waals surface area (Å²) in [6.45, 7) is 4.60. The van der Waals surface area contributed by atoms with Crippen LogP contribution in [0.4, 0.5) is 0 Å². The maximum Gasteiger partial charge on any atom is 0.320 e. The number of benzene rings is 1. The summed E-state index contributed by atoms with van der Waals surface area (Å²) in [5.74, 6) is 0.381. The van der Waals surface area contributed by atoms with Crippen LogP contribution in [-0.4, -0.2) is 30.8 Å². The summed E-state index contributed by atoms with van der Waals surface area (Å²) >= 11 is 0. The van der Waals surface area contributed by atoms with Crippen LogP contribution in [0.15, 0.2) is 24.3 Å². The predicted molar refractivity (Wildman–Crippen MR) is 71.1 cm³/mol. The number of aliphatic carboxylic acids is 1. The van der Waals surface area contributed by atoms with Crippen molar-refractivity contribution < 1.29 is 14.6 Å². The molecule has 1 aromatic rings. The number of nitrogens with one attached hydrogen (secondary N) is 1. The molecule has 0 aliphatic heterocycles. The van der Waals surface area contributed by atoms with Crippen molar-refractivity contribution in [2.45, 2.75) is 32.2 Å². The number of hydrogen-bond donors (Lipinski definition) is 2. The van der Waals surface area contributed by atoms with Crippen molar-refractivity contribution in [3.8, 4) is 5.75 Å². The molecule has 0 saturated carbocycles. The molecule has 0 spiro atoms. The molecule has 4 nitrogen and oxygen atoms in total. The van der Waals surface area contributed by atoms with Gasteiger partial charge in [0.2, 0.25) is 0 Å². The zero-order chi connectivity index (χ0) is 13.5. The molecule has 1 atom stereocenters. The van der Waals surface area contributed by atoms with Gasteiger partial charge in [-0.1, -0.05) is 32.0 Å². The third-order valence-electron chi connectivity index (χ3n) is 2.85. The second kappa shape index (κ2) is 7.01. The van der Waals surface area contributed by atoms with Gasteiger partial charge in [0, 0.05) is 6.42 Å². The first kappa shape index (κ1) is 14.5. The van der Waals surface area contributed by atoms with Crippen LogP contribution in [0.5, 0.6) is 5.75 Å². The summed E-state index contributed by atoms with van der Waals surface area (Å²) in [6.07, 6.45) is 0.443. The Morgan fingerprint density at radius 3 is 2.61 bits per heavy atom. The van der Waals surface area contributed by atoms with Gasteiger partial charge in [-0.2, -0.15) is 0 Å². The first-order valence-electron chi connectivity index (χ1n) is 6.18. The van der Waals surface area contributed by atoms with E-state index in [1.54, 1.807) is 7.05 Å². The number of ether oxygens (including phenoxy) is 1. The van der Waals surface area contributed by atoms with E-state index in [1.807, 2.05) is 24.3 Å². The molecule has 18 heavy (non-hydrogen) atoms. The van der Waals surface area contributed by atoms with Gasteiger partial charge in [-0.25, -0.2) is 0 Å². The average Bonchev–Trinajstić information content (AvgIpc) is 2.34. The lowest BCUT2D eigenvalue weighted by atomic mass is 10.0. The molecule has 0 bridgehead atoms. The van der Waals surface area contributed by atoms with Crippen LogP contribution < -0.4 is 10.1 Å². The minimum Gasteiger partial charge on any atom is -0.493 e. The smallest absolute Gasteiger partial charge is 0.320 e. The monoisotopic (exact) mass is 251 g/mol. The maximum absolute atomic E-state index is 10.8. The SMILES string of the molecule is CNC(CCOc1ccccc1C(C)C)C(=O)O. The van der Waals surface area contributed by atoms with E-state index in [9.17, 15) is 4.79 Å². The fourth-order valence-electron chi connectivity index (χ4n) is 1.77. The normalized spacial score (nSPS) is 12.4. The molecule has 0 saturated heterocycles. The molecule has 1 rings (SSSR count). The highest BCUT2D eigenvalue weighted by molar-refractivity contribution is 5.73. The lowest BCUT2D eigenvalue weighted by Crippen LogP contribution is -2.35. The third-order valence-corrected chi connectivity index (χ3v) is 2.85. The van der Waals surface area contributed by atoms with Crippen LogP contribution >= 0.6 is 0 Å². The van der Waals surface area contributed by atoms with Crippen LogP contribution in [0, 0.1) is 0 Å². The van der Waals surface area contributed by atoms with Gasteiger partial charge in [-0.15, -0.1) is 0 Å².